The maximum atomic E-state index is 13.1. The summed E-state index contributed by atoms with van der Waals surface area (Å²) in [7, 11) is 0. The van der Waals surface area contributed by atoms with Gasteiger partial charge in [-0.05, 0) is 42.5 Å². The van der Waals surface area contributed by atoms with Gasteiger partial charge in [-0.3, -0.25) is 0 Å². The van der Waals surface area contributed by atoms with Gasteiger partial charge in [0.15, 0.2) is 0 Å². The molecule has 4 nitrogen and oxygen atoms in total. The van der Waals surface area contributed by atoms with E-state index in [9.17, 15) is 8.78 Å². The van der Waals surface area contributed by atoms with Crippen LogP contribution in [0.1, 0.15) is 0 Å². The Hall–Kier alpha value is -3.15. The van der Waals surface area contributed by atoms with Crippen molar-refractivity contribution in [2.24, 2.45) is 0 Å². The molecule has 0 unspecified atom stereocenters. The van der Waals surface area contributed by atoms with Gasteiger partial charge < -0.3 is 14.2 Å². The Morgan fingerprint density at radius 1 is 0.720 bits per heavy atom. The van der Waals surface area contributed by atoms with E-state index in [0.29, 0.717) is 17.2 Å². The predicted molar refractivity (Wildman–Crippen MR) is 88.1 cm³/mol. The zero-order chi connectivity index (χ0) is 17.5. The van der Waals surface area contributed by atoms with Crippen LogP contribution >= 0.6 is 0 Å². The molecule has 0 aliphatic rings. The number of ether oxygens (including phenoxy) is 3. The van der Waals surface area contributed by atoms with Gasteiger partial charge in [0, 0.05) is 12.1 Å². The van der Waals surface area contributed by atoms with Crippen LogP contribution in [-0.4, -0.2) is 18.2 Å². The number of benzene rings is 2. The van der Waals surface area contributed by atoms with Crippen LogP contribution in [0.25, 0.3) is 0 Å². The third-order valence-corrected chi connectivity index (χ3v) is 3.15. The summed E-state index contributed by atoms with van der Waals surface area (Å²) in [4.78, 5) is 3.59. The second kappa shape index (κ2) is 8.10. The molecule has 2 aromatic carbocycles. The minimum absolute atomic E-state index is 0.211. The summed E-state index contributed by atoms with van der Waals surface area (Å²) in [5.74, 6) is 0.880. The molecular weight excluding hydrogens is 328 g/mol. The van der Waals surface area contributed by atoms with Crippen molar-refractivity contribution in [1.82, 2.24) is 4.98 Å². The Kier molecular flexibility index (Phi) is 5.41. The van der Waals surface area contributed by atoms with E-state index >= 15 is 0 Å². The van der Waals surface area contributed by atoms with Crippen molar-refractivity contribution >= 4 is 0 Å². The van der Waals surface area contributed by atoms with Gasteiger partial charge in [-0.15, -0.1) is 0 Å². The number of hydrogen-bond donors (Lipinski definition) is 0. The third-order valence-electron chi connectivity index (χ3n) is 3.15. The van der Waals surface area contributed by atoms with E-state index in [1.54, 1.807) is 42.5 Å². The van der Waals surface area contributed by atoms with Crippen molar-refractivity contribution in [3.63, 3.8) is 0 Å². The molecule has 6 heteroatoms. The Morgan fingerprint density at radius 2 is 1.44 bits per heavy atom. The maximum absolute atomic E-state index is 13.1. The van der Waals surface area contributed by atoms with Crippen molar-refractivity contribution in [3.05, 3.63) is 78.5 Å². The van der Waals surface area contributed by atoms with Gasteiger partial charge in [-0.2, -0.15) is 9.37 Å². The van der Waals surface area contributed by atoms with Gasteiger partial charge in [0.25, 0.3) is 0 Å². The molecule has 3 rings (SSSR count). The van der Waals surface area contributed by atoms with Crippen molar-refractivity contribution in [3.8, 4) is 23.1 Å². The normalized spacial score (nSPS) is 10.3. The molecule has 0 bridgehead atoms. The Bertz CT molecular complexity index is 825. The standard InChI is InChI=1S/C19H15F2NO3/c20-14-3-1-4-17(13-14)25-16-9-7-15(8-10-16)23-11-12-24-19-6-2-5-18(21)22-19/h1-10,13H,11-12H2. The molecule has 0 atom stereocenters. The van der Waals surface area contributed by atoms with Gasteiger partial charge in [0.1, 0.15) is 36.3 Å². The molecular formula is C19H15F2NO3. The summed E-state index contributed by atoms with van der Waals surface area (Å²) in [5.41, 5.74) is 0. The van der Waals surface area contributed by atoms with Crippen LogP contribution < -0.4 is 14.2 Å². The molecule has 0 radical (unpaired) electrons. The zero-order valence-electron chi connectivity index (χ0n) is 13.2. The van der Waals surface area contributed by atoms with Crippen LogP contribution in [0, 0.1) is 11.8 Å². The summed E-state index contributed by atoms with van der Waals surface area (Å²) in [6, 6.07) is 17.1. The summed E-state index contributed by atoms with van der Waals surface area (Å²) in [6.07, 6.45) is 0. The lowest BCUT2D eigenvalue weighted by molar-refractivity contribution is 0.210. The number of hydrogen-bond acceptors (Lipinski definition) is 4. The van der Waals surface area contributed by atoms with Crippen LogP contribution in [0.4, 0.5) is 8.78 Å². The topological polar surface area (TPSA) is 40.6 Å². The first-order valence-corrected chi connectivity index (χ1v) is 7.61. The van der Waals surface area contributed by atoms with Crippen LogP contribution in [0.2, 0.25) is 0 Å². The minimum Gasteiger partial charge on any atom is -0.490 e. The number of aromatic nitrogens is 1. The highest BCUT2D eigenvalue weighted by Crippen LogP contribution is 2.24. The van der Waals surface area contributed by atoms with Gasteiger partial charge in [0.05, 0.1) is 0 Å². The first kappa shape index (κ1) is 16.7. The number of pyridine rings is 1. The van der Waals surface area contributed by atoms with Gasteiger partial charge in [-0.1, -0.05) is 12.1 Å². The highest BCUT2D eigenvalue weighted by molar-refractivity contribution is 5.35. The Morgan fingerprint density at radius 3 is 2.20 bits per heavy atom. The Balaban J connectivity index is 1.46. The van der Waals surface area contributed by atoms with Gasteiger partial charge in [0.2, 0.25) is 11.8 Å². The lowest BCUT2D eigenvalue weighted by Crippen LogP contribution is -2.09. The van der Waals surface area contributed by atoms with Crippen molar-refractivity contribution in [2.45, 2.75) is 0 Å². The molecule has 0 N–H and O–H groups in total. The van der Waals surface area contributed by atoms with Crippen LogP contribution in [0.5, 0.6) is 23.1 Å². The van der Waals surface area contributed by atoms with E-state index in [0.717, 1.165) is 0 Å². The molecule has 0 fully saturated rings. The smallest absolute Gasteiger partial charge is 0.216 e. The van der Waals surface area contributed by atoms with E-state index in [-0.39, 0.29) is 24.9 Å². The number of rotatable bonds is 7. The largest absolute Gasteiger partial charge is 0.490 e. The highest BCUT2D eigenvalue weighted by Gasteiger charge is 2.01. The second-order valence-corrected chi connectivity index (χ2v) is 5.03. The summed E-state index contributed by atoms with van der Waals surface area (Å²) < 4.78 is 42.4. The van der Waals surface area contributed by atoms with Crippen LogP contribution in [0.3, 0.4) is 0 Å². The molecule has 0 spiro atoms. The van der Waals surface area contributed by atoms with Crippen LogP contribution in [-0.2, 0) is 0 Å². The molecule has 128 valence electrons. The maximum Gasteiger partial charge on any atom is 0.216 e. The fourth-order valence-electron chi connectivity index (χ4n) is 2.05. The fourth-order valence-corrected chi connectivity index (χ4v) is 2.05. The Labute approximate surface area is 143 Å². The molecule has 0 saturated heterocycles. The van der Waals surface area contributed by atoms with Crippen molar-refractivity contribution in [2.75, 3.05) is 13.2 Å². The molecule has 1 heterocycles. The quantitative estimate of drug-likeness (QED) is 0.464. The molecule has 0 saturated carbocycles. The second-order valence-electron chi connectivity index (χ2n) is 5.03. The van der Waals surface area contributed by atoms with E-state index < -0.39 is 5.95 Å². The van der Waals surface area contributed by atoms with E-state index in [1.807, 2.05) is 0 Å². The summed E-state index contributed by atoms with van der Waals surface area (Å²) >= 11 is 0. The first-order valence-electron chi connectivity index (χ1n) is 7.61. The minimum atomic E-state index is -0.590. The average Bonchev–Trinajstić information content (AvgIpc) is 2.60. The summed E-state index contributed by atoms with van der Waals surface area (Å²) in [5, 5.41) is 0. The van der Waals surface area contributed by atoms with Crippen LogP contribution in [0.15, 0.2) is 66.7 Å². The molecule has 3 aromatic rings. The van der Waals surface area contributed by atoms with E-state index in [2.05, 4.69) is 4.98 Å². The lowest BCUT2D eigenvalue weighted by atomic mass is 10.3. The summed E-state index contributed by atoms with van der Waals surface area (Å²) in [6.45, 7) is 0.514. The van der Waals surface area contributed by atoms with Crippen molar-refractivity contribution in [1.29, 1.82) is 0 Å². The van der Waals surface area contributed by atoms with E-state index in [1.165, 1.54) is 24.3 Å². The molecule has 25 heavy (non-hydrogen) atoms. The van der Waals surface area contributed by atoms with Crippen molar-refractivity contribution < 1.29 is 23.0 Å². The fraction of sp³-hybridized carbons (Fsp3) is 0.105. The van der Waals surface area contributed by atoms with Gasteiger partial charge >= 0.3 is 0 Å². The molecule has 1 aromatic heterocycles. The SMILES string of the molecule is Fc1cccc(Oc2ccc(OCCOc3cccc(F)n3)cc2)c1. The van der Waals surface area contributed by atoms with E-state index in [4.69, 9.17) is 14.2 Å². The monoisotopic (exact) mass is 343 g/mol. The molecule has 0 amide bonds. The highest BCUT2D eigenvalue weighted by atomic mass is 19.1. The number of halogens is 2. The number of nitrogens with zero attached hydrogens (tertiary/aromatic N) is 1. The molecule has 0 aliphatic carbocycles. The first-order chi connectivity index (χ1) is 12.2. The molecule has 0 aliphatic heterocycles. The third kappa shape index (κ3) is 5.17. The van der Waals surface area contributed by atoms with Gasteiger partial charge in [-0.25, -0.2) is 4.39 Å². The lowest BCUT2D eigenvalue weighted by Gasteiger charge is -2.09. The average molecular weight is 343 g/mol. The zero-order valence-corrected chi connectivity index (χ0v) is 13.2. The predicted octanol–water partition coefficient (Wildman–Crippen LogP) is 4.61.